The van der Waals surface area contributed by atoms with Gasteiger partial charge in [-0.2, -0.15) is 5.26 Å². The lowest BCUT2D eigenvalue weighted by Gasteiger charge is -2.26. The van der Waals surface area contributed by atoms with Gasteiger partial charge in [0.05, 0.1) is 11.3 Å². The van der Waals surface area contributed by atoms with E-state index >= 15 is 0 Å². The highest BCUT2D eigenvalue weighted by Crippen LogP contribution is 2.24. The Morgan fingerprint density at radius 1 is 1.67 bits per heavy atom. The van der Waals surface area contributed by atoms with Crippen molar-refractivity contribution in [2.75, 3.05) is 17.7 Å². The van der Waals surface area contributed by atoms with Crippen LogP contribution in [0.2, 0.25) is 0 Å². The normalized spacial score (nSPS) is 11.9. The highest BCUT2D eigenvalue weighted by Gasteiger charge is 2.14. The van der Waals surface area contributed by atoms with E-state index in [-0.39, 0.29) is 0 Å². The maximum atomic E-state index is 8.84. The summed E-state index contributed by atoms with van der Waals surface area (Å²) >= 11 is 0. The first-order valence-corrected chi connectivity index (χ1v) is 4.99. The maximum Gasteiger partial charge on any atom is 0.153 e. The van der Waals surface area contributed by atoms with Crippen LogP contribution in [0, 0.1) is 11.3 Å². The molecular formula is C11H16N4. The van der Waals surface area contributed by atoms with Gasteiger partial charge in [-0.15, -0.1) is 0 Å². The summed E-state index contributed by atoms with van der Waals surface area (Å²) in [7, 11) is 1.94. The average molecular weight is 204 g/mol. The Labute approximate surface area is 90.3 Å². The van der Waals surface area contributed by atoms with Gasteiger partial charge in [-0.25, -0.2) is 4.98 Å². The minimum absolute atomic E-state index is 0.355. The molecule has 0 saturated heterocycles. The van der Waals surface area contributed by atoms with Crippen LogP contribution in [0.1, 0.15) is 25.8 Å². The molecule has 1 unspecified atom stereocenters. The Bertz CT molecular complexity index is 381. The monoisotopic (exact) mass is 204 g/mol. The van der Waals surface area contributed by atoms with Gasteiger partial charge < -0.3 is 10.6 Å². The SMILES string of the molecule is CCC(C)N(C)c1nccc(C#N)c1N. The third-order valence-electron chi connectivity index (χ3n) is 2.68. The van der Waals surface area contributed by atoms with Crippen molar-refractivity contribution in [3.8, 4) is 6.07 Å². The molecular weight excluding hydrogens is 188 g/mol. The second-order valence-electron chi connectivity index (χ2n) is 3.58. The fraction of sp³-hybridized carbons (Fsp3) is 0.455. The Morgan fingerprint density at radius 3 is 2.87 bits per heavy atom. The third kappa shape index (κ3) is 2.18. The minimum Gasteiger partial charge on any atom is -0.395 e. The molecule has 0 spiro atoms. The van der Waals surface area contributed by atoms with Crippen LogP contribution in [0.4, 0.5) is 11.5 Å². The van der Waals surface area contributed by atoms with Crippen LogP contribution in [0.25, 0.3) is 0 Å². The molecule has 0 aromatic carbocycles. The van der Waals surface area contributed by atoms with Crippen LogP contribution >= 0.6 is 0 Å². The summed E-state index contributed by atoms with van der Waals surface area (Å²) < 4.78 is 0. The molecule has 0 fully saturated rings. The fourth-order valence-electron chi connectivity index (χ4n) is 1.32. The fourth-order valence-corrected chi connectivity index (χ4v) is 1.32. The van der Waals surface area contributed by atoms with E-state index in [1.54, 1.807) is 12.3 Å². The number of nitriles is 1. The molecule has 0 saturated carbocycles. The zero-order valence-corrected chi connectivity index (χ0v) is 9.36. The summed E-state index contributed by atoms with van der Waals surface area (Å²) in [5, 5.41) is 8.84. The Balaban J connectivity index is 3.10. The summed E-state index contributed by atoms with van der Waals surface area (Å²) in [6, 6.07) is 4.04. The Hall–Kier alpha value is -1.76. The maximum absolute atomic E-state index is 8.84. The molecule has 1 atom stereocenters. The second kappa shape index (κ2) is 4.65. The molecule has 4 heteroatoms. The molecule has 15 heavy (non-hydrogen) atoms. The van der Waals surface area contributed by atoms with Crippen molar-refractivity contribution in [1.82, 2.24) is 4.98 Å². The third-order valence-corrected chi connectivity index (χ3v) is 2.68. The van der Waals surface area contributed by atoms with E-state index in [1.165, 1.54) is 0 Å². The van der Waals surface area contributed by atoms with Crippen LogP contribution in [-0.4, -0.2) is 18.1 Å². The van der Waals surface area contributed by atoms with E-state index in [0.717, 1.165) is 6.42 Å². The summed E-state index contributed by atoms with van der Waals surface area (Å²) in [4.78, 5) is 6.20. The van der Waals surface area contributed by atoms with Crippen molar-refractivity contribution in [1.29, 1.82) is 5.26 Å². The van der Waals surface area contributed by atoms with E-state index in [0.29, 0.717) is 23.1 Å². The summed E-state index contributed by atoms with van der Waals surface area (Å²) in [6.07, 6.45) is 2.62. The van der Waals surface area contributed by atoms with Crippen LogP contribution in [0.3, 0.4) is 0 Å². The van der Waals surface area contributed by atoms with Gasteiger partial charge in [-0.1, -0.05) is 6.92 Å². The Kier molecular flexibility index (Phi) is 3.51. The predicted octanol–water partition coefficient (Wildman–Crippen LogP) is 1.77. The molecule has 0 bridgehead atoms. The largest absolute Gasteiger partial charge is 0.395 e. The van der Waals surface area contributed by atoms with Crippen molar-refractivity contribution in [3.63, 3.8) is 0 Å². The van der Waals surface area contributed by atoms with E-state index in [2.05, 4.69) is 24.9 Å². The summed E-state index contributed by atoms with van der Waals surface area (Å²) in [6.45, 7) is 4.20. The number of nitrogens with two attached hydrogens (primary N) is 1. The lowest BCUT2D eigenvalue weighted by molar-refractivity contribution is 0.658. The van der Waals surface area contributed by atoms with Gasteiger partial charge in [0.2, 0.25) is 0 Å². The van der Waals surface area contributed by atoms with Crippen molar-refractivity contribution >= 4 is 11.5 Å². The number of hydrogen-bond acceptors (Lipinski definition) is 4. The Morgan fingerprint density at radius 2 is 2.33 bits per heavy atom. The van der Waals surface area contributed by atoms with Crippen LogP contribution in [-0.2, 0) is 0 Å². The highest BCUT2D eigenvalue weighted by molar-refractivity contribution is 5.69. The standard InChI is InChI=1S/C11H16N4/c1-4-8(2)15(3)11-10(13)9(7-12)5-6-14-11/h5-6,8H,4,13H2,1-3H3. The second-order valence-corrected chi connectivity index (χ2v) is 3.58. The number of nitrogen functional groups attached to an aromatic ring is 1. The highest BCUT2D eigenvalue weighted by atomic mass is 15.2. The molecule has 1 aromatic heterocycles. The van der Waals surface area contributed by atoms with E-state index in [1.807, 2.05) is 11.9 Å². The lowest BCUT2D eigenvalue weighted by atomic mass is 10.2. The molecule has 1 heterocycles. The summed E-state index contributed by atoms with van der Waals surface area (Å²) in [5.74, 6) is 0.684. The molecule has 0 amide bonds. The zero-order valence-electron chi connectivity index (χ0n) is 9.36. The van der Waals surface area contributed by atoms with Gasteiger partial charge in [0.25, 0.3) is 0 Å². The quantitative estimate of drug-likeness (QED) is 0.814. The molecule has 0 aliphatic carbocycles. The van der Waals surface area contributed by atoms with Gasteiger partial charge >= 0.3 is 0 Å². The zero-order chi connectivity index (χ0) is 11.4. The van der Waals surface area contributed by atoms with Crippen LogP contribution in [0.5, 0.6) is 0 Å². The number of aromatic nitrogens is 1. The average Bonchev–Trinajstić information content (AvgIpc) is 2.27. The topological polar surface area (TPSA) is 65.9 Å². The van der Waals surface area contributed by atoms with Crippen molar-refractivity contribution in [2.45, 2.75) is 26.3 Å². The smallest absolute Gasteiger partial charge is 0.153 e. The first kappa shape index (κ1) is 11.3. The molecule has 2 N–H and O–H groups in total. The van der Waals surface area contributed by atoms with Crippen molar-refractivity contribution in [3.05, 3.63) is 17.8 Å². The van der Waals surface area contributed by atoms with Gasteiger partial charge in [-0.3, -0.25) is 0 Å². The van der Waals surface area contributed by atoms with E-state index < -0.39 is 0 Å². The van der Waals surface area contributed by atoms with Gasteiger partial charge in [0, 0.05) is 19.3 Å². The van der Waals surface area contributed by atoms with Crippen molar-refractivity contribution < 1.29 is 0 Å². The lowest BCUT2D eigenvalue weighted by Crippen LogP contribution is -2.29. The van der Waals surface area contributed by atoms with Crippen LogP contribution < -0.4 is 10.6 Å². The first-order chi connectivity index (χ1) is 7.11. The molecule has 0 aliphatic heterocycles. The molecule has 4 nitrogen and oxygen atoms in total. The number of nitrogens with zero attached hydrogens (tertiary/aromatic N) is 3. The molecule has 80 valence electrons. The van der Waals surface area contributed by atoms with Gasteiger partial charge in [-0.05, 0) is 19.4 Å². The van der Waals surface area contributed by atoms with Gasteiger partial charge in [0.1, 0.15) is 6.07 Å². The number of pyridine rings is 1. The summed E-state index contributed by atoms with van der Waals surface area (Å²) in [5.41, 5.74) is 6.80. The van der Waals surface area contributed by atoms with E-state index in [9.17, 15) is 0 Å². The van der Waals surface area contributed by atoms with Crippen LogP contribution in [0.15, 0.2) is 12.3 Å². The van der Waals surface area contributed by atoms with Gasteiger partial charge in [0.15, 0.2) is 5.82 Å². The minimum atomic E-state index is 0.355. The molecule has 0 radical (unpaired) electrons. The first-order valence-electron chi connectivity index (χ1n) is 4.99. The number of anilines is 2. The molecule has 0 aliphatic rings. The predicted molar refractivity (Wildman–Crippen MR) is 61.5 cm³/mol. The number of hydrogen-bond donors (Lipinski definition) is 1. The molecule has 1 aromatic rings. The molecule has 1 rings (SSSR count). The number of rotatable bonds is 3. The van der Waals surface area contributed by atoms with E-state index in [4.69, 9.17) is 11.0 Å². The van der Waals surface area contributed by atoms with Crippen molar-refractivity contribution in [2.24, 2.45) is 0 Å².